The lowest BCUT2D eigenvalue weighted by atomic mass is 9.96. The van der Waals surface area contributed by atoms with Crippen LogP contribution in [-0.2, 0) is 23.8 Å². The van der Waals surface area contributed by atoms with Crippen LogP contribution in [0, 0.1) is 5.92 Å². The normalized spacial score (nSPS) is 29.2. The Morgan fingerprint density at radius 2 is 1.21 bits per heavy atom. The zero-order chi connectivity index (χ0) is 30.2. The van der Waals surface area contributed by atoms with Crippen LogP contribution >= 0.6 is 0 Å². The van der Waals surface area contributed by atoms with Crippen LogP contribution in [0.25, 0.3) is 0 Å². The third-order valence-electron chi connectivity index (χ3n) is 9.77. The largest absolute Gasteiger partial charge is 0.462 e. The number of cyclic esters (lactones) is 1. The molecule has 3 saturated heterocycles. The van der Waals surface area contributed by atoms with Gasteiger partial charge in [-0.25, -0.2) is 0 Å². The Labute approximate surface area is 255 Å². The molecule has 0 bridgehead atoms. The van der Waals surface area contributed by atoms with Crippen molar-refractivity contribution in [3.63, 3.8) is 0 Å². The molecular weight excluding hydrogens is 532 g/mol. The quantitative estimate of drug-likeness (QED) is 0.0941. The summed E-state index contributed by atoms with van der Waals surface area (Å²) in [5, 5.41) is 21.4. The van der Waals surface area contributed by atoms with E-state index in [2.05, 4.69) is 6.92 Å². The SMILES string of the molecule is CCCCCCCCCC[C@@H](O)[C@H]1CC[C@H]([C@H]2CC[C@H]([C@H](O)CCCCCCCC[C@H]3C[C@@H](CC(C)=O)C(=O)O3)O2)O1. The topological polar surface area (TPSA) is 102 Å². The van der Waals surface area contributed by atoms with Crippen molar-refractivity contribution in [3.8, 4) is 0 Å². The Morgan fingerprint density at radius 1 is 0.738 bits per heavy atom. The molecule has 2 N–H and O–H groups in total. The van der Waals surface area contributed by atoms with Crippen molar-refractivity contribution in [2.75, 3.05) is 0 Å². The van der Waals surface area contributed by atoms with Crippen LogP contribution in [0.1, 0.15) is 162 Å². The van der Waals surface area contributed by atoms with E-state index in [9.17, 15) is 19.8 Å². The van der Waals surface area contributed by atoms with Crippen molar-refractivity contribution >= 4 is 11.8 Å². The van der Waals surface area contributed by atoms with E-state index < -0.39 is 6.10 Å². The van der Waals surface area contributed by atoms with E-state index in [1.165, 1.54) is 51.9 Å². The van der Waals surface area contributed by atoms with Crippen molar-refractivity contribution < 1.29 is 34.0 Å². The monoisotopic (exact) mass is 594 g/mol. The van der Waals surface area contributed by atoms with Crippen molar-refractivity contribution in [2.24, 2.45) is 5.92 Å². The van der Waals surface area contributed by atoms with Gasteiger partial charge in [-0.05, 0) is 64.7 Å². The molecule has 0 saturated carbocycles. The summed E-state index contributed by atoms with van der Waals surface area (Å²) < 4.78 is 18.0. The molecule has 0 amide bonds. The molecule has 3 aliphatic rings. The van der Waals surface area contributed by atoms with Gasteiger partial charge in [-0.15, -0.1) is 0 Å². The molecule has 0 aromatic carbocycles. The Bertz CT molecular complexity index is 758. The second-order valence-corrected chi connectivity index (χ2v) is 13.6. The van der Waals surface area contributed by atoms with Crippen LogP contribution in [0.15, 0.2) is 0 Å². The molecule has 3 heterocycles. The predicted molar refractivity (Wildman–Crippen MR) is 165 cm³/mol. The number of Topliss-reactive ketones (excluding diaryl/α,β-unsaturated/α-hetero) is 1. The van der Waals surface area contributed by atoms with Gasteiger partial charge in [0.25, 0.3) is 0 Å². The molecule has 0 aromatic rings. The number of aliphatic hydroxyl groups is 2. The molecule has 3 rings (SSSR count). The van der Waals surface area contributed by atoms with Gasteiger partial charge in [0.05, 0.1) is 42.5 Å². The van der Waals surface area contributed by atoms with Gasteiger partial charge in [-0.1, -0.05) is 90.4 Å². The molecule has 0 aromatic heterocycles. The Morgan fingerprint density at radius 3 is 1.71 bits per heavy atom. The second kappa shape index (κ2) is 20.1. The van der Waals surface area contributed by atoms with Crippen LogP contribution in [0.5, 0.6) is 0 Å². The minimum absolute atomic E-state index is 0.0162. The molecule has 3 fully saturated rings. The lowest BCUT2D eigenvalue weighted by molar-refractivity contribution is -0.145. The van der Waals surface area contributed by atoms with E-state index in [1.54, 1.807) is 0 Å². The summed E-state index contributed by atoms with van der Waals surface area (Å²) in [6, 6.07) is 0. The summed E-state index contributed by atoms with van der Waals surface area (Å²) in [7, 11) is 0. The highest BCUT2D eigenvalue weighted by molar-refractivity contribution is 5.83. The summed E-state index contributed by atoms with van der Waals surface area (Å²) in [4.78, 5) is 23.1. The molecular formula is C35H62O7. The Hall–Kier alpha value is -1.02. The number of carbonyl (C=O) groups excluding carboxylic acids is 2. The maximum absolute atomic E-state index is 11.9. The molecule has 3 aliphatic heterocycles. The van der Waals surface area contributed by atoms with Gasteiger partial charge in [-0.3, -0.25) is 4.79 Å². The van der Waals surface area contributed by atoms with E-state index in [1.807, 2.05) is 0 Å². The van der Waals surface area contributed by atoms with E-state index in [0.29, 0.717) is 12.8 Å². The maximum Gasteiger partial charge on any atom is 0.309 e. The molecule has 0 unspecified atom stereocenters. The van der Waals surface area contributed by atoms with Gasteiger partial charge < -0.3 is 29.2 Å². The molecule has 0 aliphatic carbocycles. The second-order valence-electron chi connectivity index (χ2n) is 13.6. The zero-order valence-electron chi connectivity index (χ0n) is 26.8. The highest BCUT2D eigenvalue weighted by Gasteiger charge is 2.40. The van der Waals surface area contributed by atoms with E-state index in [4.69, 9.17) is 14.2 Å². The Kier molecular flexibility index (Phi) is 17.0. The van der Waals surface area contributed by atoms with Gasteiger partial charge in [0.15, 0.2) is 0 Å². The molecule has 0 radical (unpaired) electrons. The summed E-state index contributed by atoms with van der Waals surface area (Å²) in [5.41, 5.74) is 0. The highest BCUT2D eigenvalue weighted by Crippen LogP contribution is 2.35. The van der Waals surface area contributed by atoms with Crippen molar-refractivity contribution in [2.45, 2.75) is 204 Å². The fraction of sp³-hybridized carbons (Fsp3) is 0.943. The van der Waals surface area contributed by atoms with Crippen LogP contribution < -0.4 is 0 Å². The standard InChI is InChI=1S/C35H62O7/c1-3-4-5-6-7-8-12-15-18-29(37)31-20-22-33(41-31)34-23-21-32(42-34)30(38)19-16-13-10-9-11-14-17-28-25-27(24-26(2)36)35(39)40-28/h27-34,37-38H,3-25H2,1-2H3/t27-,28+,29-,30-,31-,32-,33-,34-/m1/s1. The number of esters is 1. The van der Waals surface area contributed by atoms with Crippen molar-refractivity contribution in [3.05, 3.63) is 0 Å². The van der Waals surface area contributed by atoms with Gasteiger partial charge in [-0.2, -0.15) is 0 Å². The molecule has 0 spiro atoms. The first-order valence-electron chi connectivity index (χ1n) is 17.7. The lowest BCUT2D eigenvalue weighted by Gasteiger charge is -2.24. The minimum atomic E-state index is -0.417. The van der Waals surface area contributed by atoms with Crippen molar-refractivity contribution in [1.82, 2.24) is 0 Å². The molecule has 42 heavy (non-hydrogen) atoms. The van der Waals surface area contributed by atoms with Crippen LogP contribution in [0.3, 0.4) is 0 Å². The number of aliphatic hydroxyl groups excluding tert-OH is 2. The Balaban J connectivity index is 1.16. The van der Waals surface area contributed by atoms with Crippen LogP contribution in [0.4, 0.5) is 0 Å². The summed E-state index contributed by atoms with van der Waals surface area (Å²) in [5.74, 6) is -0.379. The van der Waals surface area contributed by atoms with E-state index >= 15 is 0 Å². The maximum atomic E-state index is 11.9. The number of rotatable bonds is 23. The van der Waals surface area contributed by atoms with E-state index in [-0.39, 0.29) is 54.3 Å². The molecule has 7 heteroatoms. The first-order valence-corrected chi connectivity index (χ1v) is 17.7. The number of hydrogen-bond donors (Lipinski definition) is 2. The number of ketones is 1. The summed E-state index contributed by atoms with van der Waals surface area (Å²) in [6.45, 7) is 3.78. The van der Waals surface area contributed by atoms with Crippen LogP contribution in [0.2, 0.25) is 0 Å². The number of hydrogen-bond acceptors (Lipinski definition) is 7. The average Bonchev–Trinajstić information content (AvgIpc) is 3.72. The third-order valence-corrected chi connectivity index (χ3v) is 9.77. The highest BCUT2D eigenvalue weighted by atomic mass is 16.6. The summed E-state index contributed by atoms with van der Waals surface area (Å²) in [6.07, 6.45) is 23.1. The third kappa shape index (κ3) is 12.9. The van der Waals surface area contributed by atoms with Gasteiger partial charge in [0.2, 0.25) is 0 Å². The first-order chi connectivity index (χ1) is 20.4. The predicted octanol–water partition coefficient (Wildman–Crippen LogP) is 7.37. The number of carbonyl (C=O) groups is 2. The van der Waals surface area contributed by atoms with Gasteiger partial charge in [0, 0.05) is 6.42 Å². The smallest absolute Gasteiger partial charge is 0.309 e. The van der Waals surface area contributed by atoms with Gasteiger partial charge >= 0.3 is 5.97 Å². The average molecular weight is 595 g/mol. The zero-order valence-corrected chi connectivity index (χ0v) is 26.8. The molecule has 8 atom stereocenters. The van der Waals surface area contributed by atoms with Crippen LogP contribution in [-0.4, -0.2) is 64.7 Å². The summed E-state index contributed by atoms with van der Waals surface area (Å²) >= 11 is 0. The fourth-order valence-corrected chi connectivity index (χ4v) is 7.20. The van der Waals surface area contributed by atoms with Gasteiger partial charge in [0.1, 0.15) is 11.9 Å². The number of unbranched alkanes of at least 4 members (excludes halogenated alkanes) is 12. The number of ether oxygens (including phenoxy) is 3. The minimum Gasteiger partial charge on any atom is -0.462 e. The van der Waals surface area contributed by atoms with E-state index in [0.717, 1.165) is 89.9 Å². The van der Waals surface area contributed by atoms with Crippen molar-refractivity contribution in [1.29, 1.82) is 0 Å². The molecule has 244 valence electrons. The fourth-order valence-electron chi connectivity index (χ4n) is 7.20. The molecule has 7 nitrogen and oxygen atoms in total. The lowest BCUT2D eigenvalue weighted by Crippen LogP contribution is -2.33. The first kappa shape index (κ1) is 35.5.